The van der Waals surface area contributed by atoms with Crippen LogP contribution < -0.4 is 10.5 Å². The zero-order valence-electron chi connectivity index (χ0n) is 12.2. The van der Waals surface area contributed by atoms with Crippen molar-refractivity contribution in [1.82, 2.24) is 0 Å². The molecule has 21 heavy (non-hydrogen) atoms. The van der Waals surface area contributed by atoms with Crippen molar-refractivity contribution >= 4 is 15.8 Å². The fourth-order valence-corrected chi connectivity index (χ4v) is 4.49. The number of hydrogen-bond donors (Lipinski definition) is 1. The number of carbonyl (C=O) groups excluding carboxylic acids is 1. The molecule has 0 saturated heterocycles. The Labute approximate surface area is 124 Å². The van der Waals surface area contributed by atoms with Gasteiger partial charge in [-0.25, -0.2) is 13.2 Å². The average Bonchev–Trinajstić information content (AvgIpc) is 3.07. The number of nitrogens with two attached hydrogens (primary N) is 1. The number of carbonyl (C=O) groups is 1. The summed E-state index contributed by atoms with van der Waals surface area (Å²) in [5.74, 6) is -0.632. The van der Waals surface area contributed by atoms with Crippen molar-refractivity contribution in [2.75, 3.05) is 20.0 Å². The van der Waals surface area contributed by atoms with Gasteiger partial charge in [0.2, 0.25) is 0 Å². The topological polar surface area (TPSA) is 95.7 Å². The second kappa shape index (κ2) is 5.31. The molecule has 6 nitrogen and oxygen atoms in total. The number of hydrogen-bond acceptors (Lipinski definition) is 6. The fourth-order valence-electron chi connectivity index (χ4n) is 2.74. The van der Waals surface area contributed by atoms with Crippen LogP contribution in [0, 0.1) is 0 Å². The highest BCUT2D eigenvalue weighted by atomic mass is 32.2. The SMILES string of the molecule is CCOC(=O)[C@]1(N)[C@@H](c2ccc(OC)cc2)[C@@H]1S(C)(=O)=O. The Balaban J connectivity index is 2.38. The maximum atomic E-state index is 12.1. The van der Waals surface area contributed by atoms with Gasteiger partial charge in [-0.15, -0.1) is 0 Å². The monoisotopic (exact) mass is 313 g/mol. The number of esters is 1. The van der Waals surface area contributed by atoms with Crippen molar-refractivity contribution in [2.45, 2.75) is 23.6 Å². The van der Waals surface area contributed by atoms with Crippen LogP contribution in [-0.2, 0) is 19.4 Å². The molecule has 2 N–H and O–H groups in total. The summed E-state index contributed by atoms with van der Waals surface area (Å²) in [5, 5.41) is -0.961. The van der Waals surface area contributed by atoms with Gasteiger partial charge in [-0.3, -0.25) is 0 Å². The molecule has 1 aromatic carbocycles. The third-order valence-corrected chi connectivity index (χ3v) is 5.33. The van der Waals surface area contributed by atoms with E-state index >= 15 is 0 Å². The molecule has 1 fully saturated rings. The summed E-state index contributed by atoms with van der Waals surface area (Å²) in [6, 6.07) is 6.85. The third-order valence-electron chi connectivity index (χ3n) is 3.74. The summed E-state index contributed by atoms with van der Waals surface area (Å²) in [6.07, 6.45) is 1.09. The molecule has 0 aliphatic heterocycles. The minimum atomic E-state index is -3.47. The van der Waals surface area contributed by atoms with Gasteiger partial charge in [0.1, 0.15) is 11.3 Å². The predicted molar refractivity (Wildman–Crippen MR) is 77.9 cm³/mol. The standard InChI is InChI=1S/C14H19NO5S/c1-4-20-13(16)14(15)11(12(14)21(3,17)18)9-5-7-10(19-2)8-6-9/h5-8,11-12H,4,15H2,1-3H3/t11-,12-,14-/m0/s1. The van der Waals surface area contributed by atoms with E-state index in [9.17, 15) is 13.2 Å². The summed E-state index contributed by atoms with van der Waals surface area (Å²) >= 11 is 0. The van der Waals surface area contributed by atoms with E-state index in [1.807, 2.05) is 0 Å². The van der Waals surface area contributed by atoms with Gasteiger partial charge < -0.3 is 15.2 Å². The molecule has 0 unspecified atom stereocenters. The van der Waals surface area contributed by atoms with Crippen molar-refractivity contribution in [3.05, 3.63) is 29.8 Å². The Bertz CT molecular complexity index is 640. The second-order valence-electron chi connectivity index (χ2n) is 5.15. The Morgan fingerprint density at radius 2 is 1.90 bits per heavy atom. The largest absolute Gasteiger partial charge is 0.497 e. The maximum absolute atomic E-state index is 12.1. The molecule has 1 aliphatic rings. The van der Waals surface area contributed by atoms with Crippen LogP contribution in [0.3, 0.4) is 0 Å². The smallest absolute Gasteiger partial charge is 0.328 e. The van der Waals surface area contributed by atoms with E-state index in [2.05, 4.69) is 0 Å². The number of benzene rings is 1. The van der Waals surface area contributed by atoms with Crippen LogP contribution in [-0.4, -0.2) is 45.1 Å². The van der Waals surface area contributed by atoms with Crippen LogP contribution >= 0.6 is 0 Å². The molecule has 0 heterocycles. The quantitative estimate of drug-likeness (QED) is 0.794. The lowest BCUT2D eigenvalue weighted by molar-refractivity contribution is -0.145. The Morgan fingerprint density at radius 3 is 2.33 bits per heavy atom. The zero-order valence-corrected chi connectivity index (χ0v) is 13.0. The van der Waals surface area contributed by atoms with E-state index in [1.165, 1.54) is 7.11 Å². The van der Waals surface area contributed by atoms with Gasteiger partial charge in [-0.1, -0.05) is 12.1 Å². The van der Waals surface area contributed by atoms with Crippen molar-refractivity contribution in [2.24, 2.45) is 5.73 Å². The molecule has 2 rings (SSSR count). The molecule has 0 spiro atoms. The van der Waals surface area contributed by atoms with Gasteiger partial charge in [0, 0.05) is 12.2 Å². The van der Waals surface area contributed by atoms with E-state index in [4.69, 9.17) is 15.2 Å². The lowest BCUT2D eigenvalue weighted by Crippen LogP contribution is -2.41. The van der Waals surface area contributed by atoms with Gasteiger partial charge in [-0.05, 0) is 24.6 Å². The van der Waals surface area contributed by atoms with E-state index < -0.39 is 32.5 Å². The molecule has 0 aromatic heterocycles. The minimum Gasteiger partial charge on any atom is -0.497 e. The van der Waals surface area contributed by atoms with Crippen molar-refractivity contribution in [3.8, 4) is 5.75 Å². The first-order valence-corrected chi connectivity index (χ1v) is 8.51. The van der Waals surface area contributed by atoms with E-state index in [0.29, 0.717) is 11.3 Å². The lowest BCUT2D eigenvalue weighted by Gasteiger charge is -2.10. The summed E-state index contributed by atoms with van der Waals surface area (Å²) in [4.78, 5) is 12.1. The lowest BCUT2D eigenvalue weighted by atomic mass is 10.1. The van der Waals surface area contributed by atoms with Gasteiger partial charge in [0.25, 0.3) is 0 Å². The molecule has 7 heteroatoms. The summed E-state index contributed by atoms with van der Waals surface area (Å²) in [7, 11) is -1.93. The highest BCUT2D eigenvalue weighted by Gasteiger charge is 2.73. The van der Waals surface area contributed by atoms with Crippen LogP contribution in [0.1, 0.15) is 18.4 Å². The Morgan fingerprint density at radius 1 is 1.33 bits per heavy atom. The molecule has 0 bridgehead atoms. The number of sulfone groups is 1. The molecule has 0 radical (unpaired) electrons. The molecule has 1 aromatic rings. The van der Waals surface area contributed by atoms with Gasteiger partial charge >= 0.3 is 5.97 Å². The average molecular weight is 313 g/mol. The van der Waals surface area contributed by atoms with Crippen LogP contribution in [0.2, 0.25) is 0 Å². The minimum absolute atomic E-state index is 0.156. The molecule has 0 amide bonds. The molecule has 1 aliphatic carbocycles. The Hall–Kier alpha value is -1.60. The van der Waals surface area contributed by atoms with E-state index in [0.717, 1.165) is 6.26 Å². The van der Waals surface area contributed by atoms with Crippen LogP contribution in [0.25, 0.3) is 0 Å². The summed E-state index contributed by atoms with van der Waals surface area (Å²) in [6.45, 7) is 1.81. The predicted octanol–water partition coefficient (Wildman–Crippen LogP) is 0.466. The van der Waals surface area contributed by atoms with Crippen molar-refractivity contribution in [1.29, 1.82) is 0 Å². The summed E-state index contributed by atoms with van der Waals surface area (Å²) < 4.78 is 33.8. The highest BCUT2D eigenvalue weighted by molar-refractivity contribution is 7.91. The van der Waals surface area contributed by atoms with Crippen LogP contribution in [0.4, 0.5) is 0 Å². The van der Waals surface area contributed by atoms with Crippen LogP contribution in [0.15, 0.2) is 24.3 Å². The maximum Gasteiger partial charge on any atom is 0.328 e. The van der Waals surface area contributed by atoms with Crippen molar-refractivity contribution in [3.63, 3.8) is 0 Å². The van der Waals surface area contributed by atoms with Gasteiger partial charge in [0.05, 0.1) is 19.0 Å². The molecular weight excluding hydrogens is 294 g/mol. The van der Waals surface area contributed by atoms with Crippen molar-refractivity contribution < 1.29 is 22.7 Å². The zero-order chi connectivity index (χ0) is 15.8. The van der Waals surface area contributed by atoms with Gasteiger partial charge in [-0.2, -0.15) is 0 Å². The van der Waals surface area contributed by atoms with E-state index in [-0.39, 0.29) is 6.61 Å². The Kier molecular flexibility index (Phi) is 3.99. The molecular formula is C14H19NO5S. The first-order valence-electron chi connectivity index (χ1n) is 6.55. The van der Waals surface area contributed by atoms with Crippen LogP contribution in [0.5, 0.6) is 5.75 Å². The third kappa shape index (κ3) is 2.63. The molecule has 1 saturated carbocycles. The first kappa shape index (κ1) is 15.8. The summed E-state index contributed by atoms with van der Waals surface area (Å²) in [5.41, 5.74) is 5.23. The van der Waals surface area contributed by atoms with E-state index in [1.54, 1.807) is 31.2 Å². The molecule has 116 valence electrons. The fraction of sp³-hybridized carbons (Fsp3) is 0.500. The normalized spacial score (nSPS) is 28.0. The number of ether oxygens (including phenoxy) is 2. The van der Waals surface area contributed by atoms with Gasteiger partial charge in [0.15, 0.2) is 9.84 Å². The number of rotatable bonds is 5. The second-order valence-corrected chi connectivity index (χ2v) is 7.32. The first-order chi connectivity index (χ1) is 9.76. The molecule has 3 atom stereocenters. The highest BCUT2D eigenvalue weighted by Crippen LogP contribution is 2.54. The number of methoxy groups -OCH3 is 1.